The van der Waals surface area contributed by atoms with Crippen molar-refractivity contribution in [3.8, 4) is 17.6 Å². The zero-order chi connectivity index (χ0) is 17.6. The standard InChI is InChI=1S/C19H12N2O4/c20-9-13-15(10-5-7-11(22)8-6-10)17-18(25-19(13)21)16(23)12-3-1-2-4-14(12)24-17/h1-8,15,22H,21H2. The molecular weight excluding hydrogens is 320 g/mol. The number of benzene rings is 2. The van der Waals surface area contributed by atoms with Gasteiger partial charge >= 0.3 is 0 Å². The van der Waals surface area contributed by atoms with Gasteiger partial charge in [0.15, 0.2) is 5.76 Å². The fourth-order valence-electron chi connectivity index (χ4n) is 2.97. The first-order chi connectivity index (χ1) is 12.1. The number of nitrogens with two attached hydrogens (primary N) is 1. The van der Waals surface area contributed by atoms with E-state index in [-0.39, 0.29) is 34.1 Å². The van der Waals surface area contributed by atoms with Crippen molar-refractivity contribution in [1.82, 2.24) is 0 Å². The van der Waals surface area contributed by atoms with Gasteiger partial charge in [-0.2, -0.15) is 5.26 Å². The van der Waals surface area contributed by atoms with Gasteiger partial charge in [-0.15, -0.1) is 0 Å². The van der Waals surface area contributed by atoms with E-state index in [1.165, 1.54) is 12.1 Å². The van der Waals surface area contributed by atoms with Crippen LogP contribution in [-0.2, 0) is 0 Å². The second-order valence-corrected chi connectivity index (χ2v) is 5.64. The lowest BCUT2D eigenvalue weighted by atomic mass is 9.87. The second-order valence-electron chi connectivity index (χ2n) is 5.64. The predicted octanol–water partition coefficient (Wildman–Crippen LogP) is 2.72. The number of fused-ring (bicyclic) bond motifs is 2. The molecule has 6 nitrogen and oxygen atoms in total. The third-order valence-corrected chi connectivity index (χ3v) is 4.16. The molecule has 1 atom stereocenters. The number of para-hydroxylation sites is 1. The Morgan fingerprint density at radius 1 is 1.12 bits per heavy atom. The van der Waals surface area contributed by atoms with Crippen LogP contribution in [-0.4, -0.2) is 5.11 Å². The molecule has 25 heavy (non-hydrogen) atoms. The van der Waals surface area contributed by atoms with E-state index >= 15 is 0 Å². The van der Waals surface area contributed by atoms with Gasteiger partial charge in [-0.3, -0.25) is 4.79 Å². The van der Waals surface area contributed by atoms with Crippen LogP contribution in [0.4, 0.5) is 0 Å². The number of hydrogen-bond acceptors (Lipinski definition) is 6. The van der Waals surface area contributed by atoms with Gasteiger partial charge in [0.05, 0.1) is 11.3 Å². The van der Waals surface area contributed by atoms with E-state index in [0.717, 1.165) is 0 Å². The number of aromatic hydroxyl groups is 1. The van der Waals surface area contributed by atoms with Crippen LogP contribution in [0.5, 0.6) is 11.5 Å². The average Bonchev–Trinajstić information content (AvgIpc) is 2.63. The van der Waals surface area contributed by atoms with Crippen molar-refractivity contribution in [2.45, 2.75) is 5.92 Å². The minimum absolute atomic E-state index is 0.0201. The lowest BCUT2D eigenvalue weighted by Crippen LogP contribution is -2.25. The zero-order valence-corrected chi connectivity index (χ0v) is 12.9. The highest BCUT2D eigenvalue weighted by Crippen LogP contribution is 2.41. The van der Waals surface area contributed by atoms with E-state index in [1.807, 2.05) is 6.07 Å². The van der Waals surface area contributed by atoms with Gasteiger partial charge < -0.3 is 20.0 Å². The van der Waals surface area contributed by atoms with Crippen molar-refractivity contribution in [3.05, 3.63) is 81.5 Å². The second kappa shape index (κ2) is 5.42. The first-order valence-corrected chi connectivity index (χ1v) is 7.52. The fraction of sp³-hybridized carbons (Fsp3) is 0.0526. The van der Waals surface area contributed by atoms with Crippen LogP contribution >= 0.6 is 0 Å². The molecule has 2 heterocycles. The summed E-state index contributed by atoms with van der Waals surface area (Å²) in [5.41, 5.74) is 6.74. The maximum absolute atomic E-state index is 12.8. The average molecular weight is 332 g/mol. The highest BCUT2D eigenvalue weighted by atomic mass is 16.5. The molecule has 4 rings (SSSR count). The highest BCUT2D eigenvalue weighted by Gasteiger charge is 2.35. The minimum atomic E-state index is -0.688. The summed E-state index contributed by atoms with van der Waals surface area (Å²) in [4.78, 5) is 12.8. The van der Waals surface area contributed by atoms with Crippen molar-refractivity contribution in [1.29, 1.82) is 5.26 Å². The fourth-order valence-corrected chi connectivity index (χ4v) is 2.97. The molecule has 0 spiro atoms. The highest BCUT2D eigenvalue weighted by molar-refractivity contribution is 5.78. The topological polar surface area (TPSA) is 109 Å². The molecule has 122 valence electrons. The Morgan fingerprint density at radius 2 is 1.84 bits per heavy atom. The summed E-state index contributed by atoms with van der Waals surface area (Å²) in [5.74, 6) is -0.526. The molecule has 1 unspecified atom stereocenters. The van der Waals surface area contributed by atoms with Gasteiger partial charge in [-0.1, -0.05) is 24.3 Å². The van der Waals surface area contributed by atoms with Crippen molar-refractivity contribution < 1.29 is 14.3 Å². The van der Waals surface area contributed by atoms with Gasteiger partial charge in [0.1, 0.15) is 23.0 Å². The Hall–Kier alpha value is -3.72. The third kappa shape index (κ3) is 2.22. The summed E-state index contributed by atoms with van der Waals surface area (Å²) in [6.07, 6.45) is 0. The number of ether oxygens (including phenoxy) is 1. The molecule has 0 bridgehead atoms. The predicted molar refractivity (Wildman–Crippen MR) is 89.9 cm³/mol. The van der Waals surface area contributed by atoms with Crippen molar-refractivity contribution in [2.75, 3.05) is 0 Å². The van der Waals surface area contributed by atoms with Crippen LogP contribution in [0, 0.1) is 11.3 Å². The lowest BCUT2D eigenvalue weighted by Gasteiger charge is -2.24. The Labute approximate surface area is 142 Å². The lowest BCUT2D eigenvalue weighted by molar-refractivity contribution is 0.354. The zero-order valence-electron chi connectivity index (χ0n) is 12.9. The molecule has 1 aliphatic rings. The molecule has 2 aromatic carbocycles. The Balaban J connectivity index is 2.05. The number of nitrogens with zero attached hydrogens (tertiary/aromatic N) is 1. The Bertz CT molecular complexity index is 1120. The summed E-state index contributed by atoms with van der Waals surface area (Å²) in [5, 5.41) is 19.4. The molecule has 1 aromatic heterocycles. The molecule has 0 fully saturated rings. The number of hydrogen-bond donors (Lipinski definition) is 2. The summed E-state index contributed by atoms with van der Waals surface area (Å²) in [7, 11) is 0. The van der Waals surface area contributed by atoms with E-state index in [1.54, 1.807) is 36.4 Å². The van der Waals surface area contributed by atoms with E-state index in [4.69, 9.17) is 14.9 Å². The molecule has 0 saturated heterocycles. The minimum Gasteiger partial charge on any atom is -0.508 e. The Morgan fingerprint density at radius 3 is 2.56 bits per heavy atom. The summed E-state index contributed by atoms with van der Waals surface area (Å²) >= 11 is 0. The molecule has 0 radical (unpaired) electrons. The van der Waals surface area contributed by atoms with Gasteiger partial charge in [-0.05, 0) is 29.8 Å². The third-order valence-electron chi connectivity index (χ3n) is 4.16. The van der Waals surface area contributed by atoms with Gasteiger partial charge in [0, 0.05) is 0 Å². The summed E-state index contributed by atoms with van der Waals surface area (Å²) in [6.45, 7) is 0. The van der Waals surface area contributed by atoms with E-state index in [2.05, 4.69) is 0 Å². The van der Waals surface area contributed by atoms with E-state index in [9.17, 15) is 15.2 Å². The van der Waals surface area contributed by atoms with Crippen LogP contribution in [0.25, 0.3) is 11.0 Å². The first kappa shape index (κ1) is 14.8. The van der Waals surface area contributed by atoms with Gasteiger partial charge in [0.2, 0.25) is 17.1 Å². The number of nitriles is 1. The summed E-state index contributed by atoms with van der Waals surface area (Å²) < 4.78 is 11.3. The van der Waals surface area contributed by atoms with Crippen molar-refractivity contribution in [3.63, 3.8) is 0 Å². The smallest absolute Gasteiger partial charge is 0.235 e. The van der Waals surface area contributed by atoms with Crippen molar-refractivity contribution in [2.24, 2.45) is 5.73 Å². The van der Waals surface area contributed by atoms with Crippen molar-refractivity contribution >= 4 is 11.0 Å². The maximum atomic E-state index is 12.8. The molecule has 0 saturated carbocycles. The number of phenols is 1. The Kier molecular flexibility index (Phi) is 3.22. The van der Waals surface area contributed by atoms with Crippen LogP contribution in [0.2, 0.25) is 0 Å². The van der Waals surface area contributed by atoms with Gasteiger partial charge in [-0.25, -0.2) is 0 Å². The van der Waals surface area contributed by atoms with Crippen LogP contribution in [0.1, 0.15) is 17.2 Å². The van der Waals surface area contributed by atoms with Crippen LogP contribution < -0.4 is 15.9 Å². The normalized spacial score (nSPS) is 16.2. The van der Waals surface area contributed by atoms with E-state index in [0.29, 0.717) is 16.5 Å². The quantitative estimate of drug-likeness (QED) is 0.709. The molecule has 0 aliphatic carbocycles. The number of phenolic OH excluding ortho intramolecular Hbond substituents is 1. The molecule has 0 amide bonds. The monoisotopic (exact) mass is 332 g/mol. The molecule has 1 aliphatic heterocycles. The van der Waals surface area contributed by atoms with E-state index < -0.39 is 5.92 Å². The molecule has 3 N–H and O–H groups in total. The first-order valence-electron chi connectivity index (χ1n) is 7.52. The molecular formula is C19H12N2O4. The van der Waals surface area contributed by atoms with Gasteiger partial charge in [0.25, 0.3) is 0 Å². The van der Waals surface area contributed by atoms with Crippen LogP contribution in [0.15, 0.2) is 69.2 Å². The van der Waals surface area contributed by atoms with Crippen LogP contribution in [0.3, 0.4) is 0 Å². The summed E-state index contributed by atoms with van der Waals surface area (Å²) in [6, 6.07) is 15.1. The SMILES string of the molecule is N#CC1=C(N)Oc2c(oc3ccccc3c2=O)C1c1ccc(O)cc1. The molecule has 3 aromatic rings. The molecule has 6 heteroatoms. The largest absolute Gasteiger partial charge is 0.508 e. The maximum Gasteiger partial charge on any atom is 0.235 e. The number of allylic oxidation sites excluding steroid dienone is 1. The number of rotatable bonds is 1.